The summed E-state index contributed by atoms with van der Waals surface area (Å²) in [6.45, 7) is 0. The summed E-state index contributed by atoms with van der Waals surface area (Å²) in [4.78, 5) is 23.7. The van der Waals surface area contributed by atoms with Crippen LogP contribution in [0.25, 0.3) is 0 Å². The van der Waals surface area contributed by atoms with Crippen LogP contribution in [-0.2, 0) is 9.59 Å². The summed E-state index contributed by atoms with van der Waals surface area (Å²) in [5.41, 5.74) is 0.503. The number of rotatable bonds is 3. The molecule has 1 amide bonds. The summed E-state index contributed by atoms with van der Waals surface area (Å²) in [5, 5.41) is 12.0. The Hall–Kier alpha value is -1.91. The molecule has 0 aliphatic heterocycles. The third-order valence-electron chi connectivity index (χ3n) is 4.62. The molecule has 0 radical (unpaired) electrons. The van der Waals surface area contributed by atoms with Crippen molar-refractivity contribution in [2.45, 2.75) is 19.3 Å². The standard InChI is InChI=1S/C15H16FNO3/c16-10-3-5-11(6-4-10)17-14(18)12-8-1-2-9(7-8)13(12)15(19)20/h3-6,8-9,12-13H,1-2,7H2,(H,17,18)(H,19,20)/t8-,9+,12-,13+/m1/s1. The van der Waals surface area contributed by atoms with E-state index in [1.165, 1.54) is 24.3 Å². The molecule has 4 nitrogen and oxygen atoms in total. The zero-order valence-corrected chi connectivity index (χ0v) is 10.9. The molecular formula is C15H16FNO3. The number of aliphatic carboxylic acids is 1. The Labute approximate surface area is 116 Å². The van der Waals surface area contributed by atoms with Gasteiger partial charge in [-0.2, -0.15) is 0 Å². The van der Waals surface area contributed by atoms with Crippen LogP contribution in [0.3, 0.4) is 0 Å². The van der Waals surface area contributed by atoms with E-state index in [0.29, 0.717) is 5.69 Å². The fourth-order valence-corrected chi connectivity index (χ4v) is 3.78. The first-order chi connectivity index (χ1) is 9.56. The van der Waals surface area contributed by atoms with E-state index in [9.17, 15) is 19.1 Å². The first-order valence-corrected chi connectivity index (χ1v) is 6.85. The molecule has 2 aliphatic carbocycles. The summed E-state index contributed by atoms with van der Waals surface area (Å²) < 4.78 is 12.8. The second-order valence-corrected chi connectivity index (χ2v) is 5.72. The first-order valence-electron chi connectivity index (χ1n) is 6.85. The van der Waals surface area contributed by atoms with Gasteiger partial charge in [-0.3, -0.25) is 9.59 Å². The Bertz CT molecular complexity index is 543. The van der Waals surface area contributed by atoms with Crippen molar-refractivity contribution in [3.8, 4) is 0 Å². The SMILES string of the molecule is O=C(Nc1ccc(F)cc1)[C@@H]1[C@@H]2CC[C@@H](C2)[C@@H]1C(=O)O. The van der Waals surface area contributed by atoms with E-state index in [1.54, 1.807) is 0 Å². The molecule has 2 N–H and O–H groups in total. The van der Waals surface area contributed by atoms with Gasteiger partial charge in [0.15, 0.2) is 0 Å². The van der Waals surface area contributed by atoms with Crippen molar-refractivity contribution in [3.05, 3.63) is 30.1 Å². The number of fused-ring (bicyclic) bond motifs is 2. The maximum Gasteiger partial charge on any atom is 0.307 e. The Balaban J connectivity index is 1.76. The maximum absolute atomic E-state index is 12.8. The van der Waals surface area contributed by atoms with Gasteiger partial charge in [0, 0.05) is 5.69 Å². The fourth-order valence-electron chi connectivity index (χ4n) is 3.78. The molecule has 2 bridgehead atoms. The lowest BCUT2D eigenvalue weighted by molar-refractivity contribution is -0.148. The van der Waals surface area contributed by atoms with Crippen LogP contribution in [0.15, 0.2) is 24.3 Å². The average Bonchev–Trinajstić information content (AvgIpc) is 3.01. The summed E-state index contributed by atoms with van der Waals surface area (Å²) in [6.07, 6.45) is 2.66. The number of carboxylic acids is 1. The molecule has 0 spiro atoms. The number of hydrogen-bond acceptors (Lipinski definition) is 2. The minimum atomic E-state index is -0.878. The molecule has 2 aliphatic rings. The number of nitrogens with one attached hydrogen (secondary N) is 1. The fraction of sp³-hybridized carbons (Fsp3) is 0.467. The zero-order valence-electron chi connectivity index (χ0n) is 10.9. The van der Waals surface area contributed by atoms with Gasteiger partial charge in [-0.1, -0.05) is 0 Å². The lowest BCUT2D eigenvalue weighted by Gasteiger charge is -2.27. The van der Waals surface area contributed by atoms with Crippen molar-refractivity contribution in [2.75, 3.05) is 5.32 Å². The van der Waals surface area contributed by atoms with Crippen molar-refractivity contribution in [1.82, 2.24) is 0 Å². The molecule has 1 aromatic carbocycles. The van der Waals surface area contributed by atoms with Crippen molar-refractivity contribution in [3.63, 3.8) is 0 Å². The highest BCUT2D eigenvalue weighted by Crippen LogP contribution is 2.52. The lowest BCUT2D eigenvalue weighted by atomic mass is 9.78. The Kier molecular flexibility index (Phi) is 3.20. The van der Waals surface area contributed by atoms with E-state index in [1.807, 2.05) is 0 Å². The molecule has 4 atom stereocenters. The van der Waals surface area contributed by atoms with E-state index in [0.717, 1.165) is 19.3 Å². The predicted molar refractivity (Wildman–Crippen MR) is 70.5 cm³/mol. The molecule has 2 saturated carbocycles. The number of halogens is 1. The summed E-state index contributed by atoms with van der Waals surface area (Å²) in [6, 6.07) is 5.50. The number of anilines is 1. The van der Waals surface area contributed by atoms with Crippen LogP contribution < -0.4 is 5.32 Å². The highest BCUT2D eigenvalue weighted by Gasteiger charge is 2.53. The average molecular weight is 277 g/mol. The van der Waals surface area contributed by atoms with Crippen molar-refractivity contribution in [2.24, 2.45) is 23.7 Å². The minimum Gasteiger partial charge on any atom is -0.481 e. The second-order valence-electron chi connectivity index (χ2n) is 5.72. The van der Waals surface area contributed by atoms with Crippen LogP contribution in [0.1, 0.15) is 19.3 Å². The maximum atomic E-state index is 12.8. The molecule has 0 aromatic heterocycles. The van der Waals surface area contributed by atoms with E-state index in [4.69, 9.17) is 0 Å². The molecule has 106 valence electrons. The number of carboxylic acid groups (broad SMARTS) is 1. The zero-order chi connectivity index (χ0) is 14.3. The number of carbonyl (C=O) groups is 2. The smallest absolute Gasteiger partial charge is 0.307 e. The molecule has 5 heteroatoms. The summed E-state index contributed by atoms with van der Waals surface area (Å²) in [7, 11) is 0. The van der Waals surface area contributed by atoms with Gasteiger partial charge in [0.2, 0.25) is 5.91 Å². The first kappa shape index (κ1) is 13.1. The van der Waals surface area contributed by atoms with Crippen molar-refractivity contribution < 1.29 is 19.1 Å². The van der Waals surface area contributed by atoms with Gasteiger partial charge >= 0.3 is 5.97 Å². The highest BCUT2D eigenvalue weighted by molar-refractivity contribution is 5.95. The van der Waals surface area contributed by atoms with Crippen LogP contribution in [-0.4, -0.2) is 17.0 Å². The molecule has 0 heterocycles. The monoisotopic (exact) mass is 277 g/mol. The number of hydrogen-bond donors (Lipinski definition) is 2. The highest BCUT2D eigenvalue weighted by atomic mass is 19.1. The molecule has 1 aromatic rings. The topological polar surface area (TPSA) is 66.4 Å². The number of benzene rings is 1. The van der Waals surface area contributed by atoms with E-state index >= 15 is 0 Å². The van der Waals surface area contributed by atoms with E-state index < -0.39 is 17.8 Å². The van der Waals surface area contributed by atoms with Crippen LogP contribution in [0.2, 0.25) is 0 Å². The van der Waals surface area contributed by atoms with Gasteiger partial charge < -0.3 is 10.4 Å². The normalized spacial score (nSPS) is 31.2. The van der Waals surface area contributed by atoms with Crippen LogP contribution >= 0.6 is 0 Å². The molecule has 0 saturated heterocycles. The van der Waals surface area contributed by atoms with Crippen molar-refractivity contribution >= 4 is 17.6 Å². The molecule has 3 rings (SSSR count). The molecule has 20 heavy (non-hydrogen) atoms. The number of amides is 1. The summed E-state index contributed by atoms with van der Waals surface area (Å²) in [5.74, 6) is -2.24. The Morgan fingerprint density at radius 1 is 1.10 bits per heavy atom. The van der Waals surface area contributed by atoms with E-state index in [2.05, 4.69) is 5.32 Å². The van der Waals surface area contributed by atoms with Gasteiger partial charge in [0.25, 0.3) is 0 Å². The second kappa shape index (κ2) is 4.89. The lowest BCUT2D eigenvalue weighted by Crippen LogP contribution is -2.37. The third kappa shape index (κ3) is 2.17. The Morgan fingerprint density at radius 3 is 2.30 bits per heavy atom. The largest absolute Gasteiger partial charge is 0.481 e. The Morgan fingerprint density at radius 2 is 1.70 bits per heavy atom. The van der Waals surface area contributed by atoms with Crippen LogP contribution in [0, 0.1) is 29.5 Å². The van der Waals surface area contributed by atoms with Gasteiger partial charge in [-0.15, -0.1) is 0 Å². The molecule has 0 unspecified atom stereocenters. The van der Waals surface area contributed by atoms with Gasteiger partial charge in [0.05, 0.1) is 11.8 Å². The van der Waals surface area contributed by atoms with E-state index in [-0.39, 0.29) is 23.6 Å². The predicted octanol–water partition coefficient (Wildman–Crippen LogP) is 2.51. The van der Waals surface area contributed by atoms with Gasteiger partial charge in [-0.25, -0.2) is 4.39 Å². The number of carbonyl (C=O) groups excluding carboxylic acids is 1. The summed E-state index contributed by atoms with van der Waals surface area (Å²) >= 11 is 0. The third-order valence-corrected chi connectivity index (χ3v) is 4.62. The van der Waals surface area contributed by atoms with Gasteiger partial charge in [0.1, 0.15) is 5.82 Å². The van der Waals surface area contributed by atoms with Gasteiger partial charge in [-0.05, 0) is 55.4 Å². The van der Waals surface area contributed by atoms with Crippen molar-refractivity contribution in [1.29, 1.82) is 0 Å². The molecule has 2 fully saturated rings. The minimum absolute atomic E-state index is 0.126. The molecular weight excluding hydrogens is 261 g/mol. The quantitative estimate of drug-likeness (QED) is 0.892. The van der Waals surface area contributed by atoms with Crippen LogP contribution in [0.5, 0.6) is 0 Å². The van der Waals surface area contributed by atoms with Crippen LogP contribution in [0.4, 0.5) is 10.1 Å².